The molecule has 0 aliphatic rings. The van der Waals surface area contributed by atoms with E-state index in [1.54, 1.807) is 7.05 Å². The predicted molar refractivity (Wildman–Crippen MR) is 139 cm³/mol. The highest BCUT2D eigenvalue weighted by atomic mass is 35.5. The fourth-order valence-electron chi connectivity index (χ4n) is 4.41. The third kappa shape index (κ3) is 4.76. The number of rotatable bonds is 6. The van der Waals surface area contributed by atoms with Crippen LogP contribution in [0.2, 0.25) is 5.02 Å². The van der Waals surface area contributed by atoms with Gasteiger partial charge in [-0.25, -0.2) is 27.5 Å². The van der Waals surface area contributed by atoms with Crippen LogP contribution in [-0.4, -0.2) is 31.0 Å². The Hall–Kier alpha value is -5.16. The molecule has 0 aliphatic heterocycles. The van der Waals surface area contributed by atoms with Gasteiger partial charge in [0.25, 0.3) is 0 Å². The third-order valence-corrected chi connectivity index (χ3v) is 6.58. The van der Waals surface area contributed by atoms with E-state index in [0.717, 1.165) is 4.57 Å². The van der Waals surface area contributed by atoms with Crippen molar-refractivity contribution in [1.82, 2.24) is 23.9 Å². The first-order chi connectivity index (χ1) is 19.5. The van der Waals surface area contributed by atoms with Gasteiger partial charge in [0, 0.05) is 17.6 Å². The van der Waals surface area contributed by atoms with Crippen molar-refractivity contribution in [2.24, 2.45) is 7.05 Å². The number of halogens is 4. The number of methoxy groups -OCH3 is 1. The molecule has 5 rings (SSSR count). The van der Waals surface area contributed by atoms with Gasteiger partial charge in [0.2, 0.25) is 0 Å². The Morgan fingerprint density at radius 2 is 1.78 bits per heavy atom. The average Bonchev–Trinajstić information content (AvgIpc) is 3.36. The number of hydrogen-bond acceptors (Lipinski definition) is 7. The molecule has 5 aromatic rings. The Balaban J connectivity index is 1.88. The van der Waals surface area contributed by atoms with Crippen molar-refractivity contribution in [3.05, 3.63) is 108 Å². The van der Waals surface area contributed by atoms with Crippen LogP contribution in [0, 0.1) is 34.0 Å². The highest BCUT2D eigenvalue weighted by Crippen LogP contribution is 2.35. The first kappa shape index (κ1) is 27.4. The number of aryl methyl sites for hydroxylation is 1. The topological polar surface area (TPSA) is 135 Å². The van der Waals surface area contributed by atoms with E-state index >= 15 is 0 Å². The van der Waals surface area contributed by atoms with Gasteiger partial charge in [0.05, 0.1) is 37.4 Å². The lowest BCUT2D eigenvalue weighted by Gasteiger charge is -2.17. The Kier molecular flexibility index (Phi) is 6.97. The van der Waals surface area contributed by atoms with Crippen molar-refractivity contribution < 1.29 is 22.6 Å². The summed E-state index contributed by atoms with van der Waals surface area (Å²) in [6, 6.07) is 8.85. The van der Waals surface area contributed by atoms with E-state index in [-0.39, 0.29) is 49.2 Å². The zero-order valence-corrected chi connectivity index (χ0v) is 22.0. The number of aromatic nitrogens is 6. The van der Waals surface area contributed by atoms with Crippen LogP contribution in [0.15, 0.2) is 52.3 Å². The second-order valence-corrected chi connectivity index (χ2v) is 9.28. The third-order valence-electron chi connectivity index (χ3n) is 6.25. The Bertz CT molecular complexity index is 2010. The summed E-state index contributed by atoms with van der Waals surface area (Å²) in [7, 11) is 2.75. The van der Waals surface area contributed by atoms with Crippen LogP contribution in [0.25, 0.3) is 22.2 Å². The maximum absolute atomic E-state index is 14.1. The van der Waals surface area contributed by atoms with Crippen molar-refractivity contribution in [2.45, 2.75) is 13.1 Å². The minimum Gasteiger partial charge on any atom is -0.615 e. The molecule has 41 heavy (non-hydrogen) atoms. The Labute approximate surface area is 233 Å². The molecule has 208 valence electrons. The van der Waals surface area contributed by atoms with Crippen molar-refractivity contribution in [3.8, 4) is 23.1 Å². The molecule has 0 bridgehead atoms. The number of hydrogen-bond donors (Lipinski definition) is 0. The van der Waals surface area contributed by atoms with Gasteiger partial charge in [0.1, 0.15) is 11.8 Å². The summed E-state index contributed by atoms with van der Waals surface area (Å²) in [5.74, 6) is -5.00. The fraction of sp³-hybridized carbons (Fsp3) is 0.154. The van der Waals surface area contributed by atoms with Crippen LogP contribution in [0.3, 0.4) is 0 Å². The van der Waals surface area contributed by atoms with Crippen molar-refractivity contribution >= 4 is 22.6 Å². The molecule has 0 spiro atoms. The van der Waals surface area contributed by atoms with E-state index in [9.17, 15) is 33.2 Å². The molecule has 0 saturated carbocycles. The highest BCUT2D eigenvalue weighted by Gasteiger charge is 2.29. The van der Waals surface area contributed by atoms with E-state index in [1.807, 2.05) is 6.07 Å². The van der Waals surface area contributed by atoms with E-state index in [2.05, 4.69) is 10.1 Å². The maximum atomic E-state index is 14.1. The van der Waals surface area contributed by atoms with Gasteiger partial charge in [-0.05, 0) is 42.0 Å². The number of benzene rings is 2. The zero-order chi connectivity index (χ0) is 29.6. The second-order valence-electron chi connectivity index (χ2n) is 8.87. The normalized spacial score (nSPS) is 11.1. The SMILES string of the molecule is COc1c(-c2cc(C#N)ccc2Cl)cc2c(c(=O)n(Cc3ncn(C)n3)c(=O)n2Cc2cc(F)c(F)c(F)c2)[n+]1[O-]. The lowest BCUT2D eigenvalue weighted by atomic mass is 10.0. The second kappa shape index (κ2) is 10.4. The molecule has 11 nitrogen and oxygen atoms in total. The molecule has 2 aromatic carbocycles. The van der Waals surface area contributed by atoms with E-state index in [1.165, 1.54) is 42.4 Å². The standard InChI is InChI=1S/C26H17ClF3N7O4/c1-34-12-32-21(33-34)11-36-24(38)23-20(35(26(36)39)10-14-6-18(28)22(30)19(29)7-14)8-16(25(41-2)37(23)40)15-5-13(9-31)3-4-17(15)27/h3-8,12H,10-11H2,1-2H3. The van der Waals surface area contributed by atoms with Crippen molar-refractivity contribution in [1.29, 1.82) is 5.26 Å². The van der Waals surface area contributed by atoms with Crippen LogP contribution in [0.5, 0.6) is 5.88 Å². The van der Waals surface area contributed by atoms with Crippen LogP contribution in [0.1, 0.15) is 17.0 Å². The summed E-state index contributed by atoms with van der Waals surface area (Å²) >= 11 is 6.37. The van der Waals surface area contributed by atoms with Gasteiger partial charge >= 0.3 is 22.6 Å². The van der Waals surface area contributed by atoms with Crippen LogP contribution in [0.4, 0.5) is 13.2 Å². The Morgan fingerprint density at radius 3 is 2.39 bits per heavy atom. The molecule has 0 atom stereocenters. The number of nitrogens with zero attached hydrogens (tertiary/aromatic N) is 7. The molecule has 3 aromatic heterocycles. The van der Waals surface area contributed by atoms with Crippen molar-refractivity contribution in [2.75, 3.05) is 7.11 Å². The monoisotopic (exact) mass is 583 g/mol. The minimum absolute atomic E-state index is 0.0188. The fourth-order valence-corrected chi connectivity index (χ4v) is 4.63. The van der Waals surface area contributed by atoms with Gasteiger partial charge in [-0.3, -0.25) is 14.0 Å². The summed E-state index contributed by atoms with van der Waals surface area (Å²) in [6.45, 7) is -1.02. The Morgan fingerprint density at radius 1 is 1.07 bits per heavy atom. The minimum atomic E-state index is -1.70. The summed E-state index contributed by atoms with van der Waals surface area (Å²) in [5, 5.41) is 27.2. The molecule has 0 N–H and O–H groups in total. The molecule has 0 aliphatic carbocycles. The van der Waals surface area contributed by atoms with Gasteiger partial charge in [-0.15, -0.1) is 4.73 Å². The smallest absolute Gasteiger partial charge is 0.388 e. The molecule has 15 heteroatoms. The number of pyridine rings is 1. The lowest BCUT2D eigenvalue weighted by Crippen LogP contribution is -2.46. The molecular formula is C26H17ClF3N7O4. The molecule has 3 heterocycles. The summed E-state index contributed by atoms with van der Waals surface area (Å²) in [6.07, 6.45) is 1.34. The first-order valence-corrected chi connectivity index (χ1v) is 12.1. The van der Waals surface area contributed by atoms with Gasteiger partial charge < -0.3 is 9.94 Å². The lowest BCUT2D eigenvalue weighted by molar-refractivity contribution is -0.584. The molecule has 0 saturated heterocycles. The van der Waals surface area contributed by atoms with E-state index < -0.39 is 47.3 Å². The summed E-state index contributed by atoms with van der Waals surface area (Å²) in [4.78, 5) is 31.3. The van der Waals surface area contributed by atoms with Crippen molar-refractivity contribution in [3.63, 3.8) is 0 Å². The predicted octanol–water partition coefficient (Wildman–Crippen LogP) is 2.64. The average molecular weight is 584 g/mol. The van der Waals surface area contributed by atoms with Crippen LogP contribution < -0.4 is 20.7 Å². The van der Waals surface area contributed by atoms with E-state index in [4.69, 9.17) is 16.3 Å². The van der Waals surface area contributed by atoms with Gasteiger partial charge in [-0.2, -0.15) is 10.4 Å². The van der Waals surface area contributed by atoms with Gasteiger partial charge in [-0.1, -0.05) is 11.6 Å². The van der Waals surface area contributed by atoms with Crippen LogP contribution >= 0.6 is 11.6 Å². The maximum Gasteiger partial charge on any atom is 0.388 e. The number of fused-ring (bicyclic) bond motifs is 1. The zero-order valence-electron chi connectivity index (χ0n) is 21.2. The molecular weight excluding hydrogens is 567 g/mol. The molecule has 0 fully saturated rings. The number of nitriles is 1. The largest absolute Gasteiger partial charge is 0.615 e. The highest BCUT2D eigenvalue weighted by molar-refractivity contribution is 6.33. The molecule has 0 amide bonds. The number of ether oxygens (including phenoxy) is 1. The summed E-state index contributed by atoms with van der Waals surface area (Å²) < 4.78 is 50.2. The quantitative estimate of drug-likeness (QED) is 0.170. The molecule has 0 radical (unpaired) electrons. The summed E-state index contributed by atoms with van der Waals surface area (Å²) in [5.41, 5.74) is -2.60. The molecule has 0 unspecified atom stereocenters. The van der Waals surface area contributed by atoms with E-state index in [0.29, 0.717) is 16.7 Å². The first-order valence-electron chi connectivity index (χ1n) is 11.7. The van der Waals surface area contributed by atoms with Gasteiger partial charge in [0.15, 0.2) is 23.3 Å². The van der Waals surface area contributed by atoms with Crippen LogP contribution in [-0.2, 0) is 20.1 Å².